The molecule has 118 valence electrons. The first kappa shape index (κ1) is 16.0. The predicted octanol–water partition coefficient (Wildman–Crippen LogP) is 3.30. The lowest BCUT2D eigenvalue weighted by molar-refractivity contribution is -0.116. The van der Waals surface area contributed by atoms with E-state index in [9.17, 15) is 4.79 Å². The number of benzene rings is 1. The van der Waals surface area contributed by atoms with Crippen molar-refractivity contribution in [3.8, 4) is 6.07 Å². The van der Waals surface area contributed by atoms with Crippen LogP contribution in [0, 0.1) is 11.3 Å². The summed E-state index contributed by atoms with van der Waals surface area (Å²) >= 11 is 3.41. The summed E-state index contributed by atoms with van der Waals surface area (Å²) in [5.74, 6) is -0.235. The van der Waals surface area contributed by atoms with Crippen molar-refractivity contribution in [3.05, 3.63) is 76.2 Å². The largest absolute Gasteiger partial charge is 0.347 e. The fourth-order valence-corrected chi connectivity index (χ4v) is 2.60. The monoisotopic (exact) mass is 380 g/mol. The number of rotatable bonds is 4. The molecule has 0 saturated carbocycles. The van der Waals surface area contributed by atoms with Crippen molar-refractivity contribution in [2.45, 2.75) is 6.54 Å². The molecule has 1 amide bonds. The summed E-state index contributed by atoms with van der Waals surface area (Å²) in [6, 6.07) is 13.0. The van der Waals surface area contributed by atoms with E-state index < -0.39 is 0 Å². The van der Waals surface area contributed by atoms with Gasteiger partial charge in [0, 0.05) is 22.9 Å². The zero-order valence-electron chi connectivity index (χ0n) is 12.6. The summed E-state index contributed by atoms with van der Waals surface area (Å²) < 4.78 is 2.85. The Labute approximate surface area is 147 Å². The third-order valence-electron chi connectivity index (χ3n) is 3.40. The third-order valence-corrected chi connectivity index (χ3v) is 3.87. The first-order valence-corrected chi connectivity index (χ1v) is 8.03. The minimum Gasteiger partial charge on any atom is -0.347 e. The molecule has 24 heavy (non-hydrogen) atoms. The molecule has 5 nitrogen and oxygen atoms in total. The molecule has 0 aliphatic rings. The standard InChI is InChI=1S/C18H13BrN4O/c19-15-6-7-17-22-16(12-23(17)11-15)10-21-18(24)8-5-13-3-1-2-4-14(13)9-20/h1-8,11-12H,10H2,(H,21,24)/b8-5+. The van der Waals surface area contributed by atoms with Crippen LogP contribution in [0.4, 0.5) is 0 Å². The van der Waals surface area contributed by atoms with Gasteiger partial charge in [0.05, 0.1) is 23.9 Å². The van der Waals surface area contributed by atoms with Gasteiger partial charge in [0.15, 0.2) is 0 Å². The van der Waals surface area contributed by atoms with Gasteiger partial charge in [-0.1, -0.05) is 18.2 Å². The van der Waals surface area contributed by atoms with E-state index in [4.69, 9.17) is 5.26 Å². The molecule has 0 spiro atoms. The van der Waals surface area contributed by atoms with Crippen LogP contribution < -0.4 is 5.32 Å². The number of amides is 1. The Bertz CT molecular complexity index is 969. The van der Waals surface area contributed by atoms with Crippen molar-refractivity contribution >= 4 is 33.6 Å². The van der Waals surface area contributed by atoms with E-state index >= 15 is 0 Å². The van der Waals surface area contributed by atoms with E-state index in [-0.39, 0.29) is 5.91 Å². The lowest BCUT2D eigenvalue weighted by atomic mass is 10.1. The van der Waals surface area contributed by atoms with E-state index in [1.54, 1.807) is 24.3 Å². The Morgan fingerprint density at radius 3 is 2.96 bits per heavy atom. The quantitative estimate of drug-likeness (QED) is 0.705. The van der Waals surface area contributed by atoms with Crippen molar-refractivity contribution < 1.29 is 4.79 Å². The Kier molecular flexibility index (Phi) is 4.73. The first-order chi connectivity index (χ1) is 11.7. The summed E-state index contributed by atoms with van der Waals surface area (Å²) in [7, 11) is 0. The second-order valence-electron chi connectivity index (χ2n) is 5.10. The number of nitrogens with zero attached hydrogens (tertiary/aromatic N) is 3. The van der Waals surface area contributed by atoms with Crippen LogP contribution in [0.5, 0.6) is 0 Å². The molecule has 6 heteroatoms. The maximum Gasteiger partial charge on any atom is 0.244 e. The average Bonchev–Trinajstić information content (AvgIpc) is 3.00. The highest BCUT2D eigenvalue weighted by atomic mass is 79.9. The Hall–Kier alpha value is -2.91. The van der Waals surface area contributed by atoms with Crippen molar-refractivity contribution in [2.75, 3.05) is 0 Å². The van der Waals surface area contributed by atoms with Crippen LogP contribution in [-0.2, 0) is 11.3 Å². The van der Waals surface area contributed by atoms with E-state index in [1.807, 2.05) is 35.0 Å². The van der Waals surface area contributed by atoms with Gasteiger partial charge in [0.25, 0.3) is 0 Å². The van der Waals surface area contributed by atoms with Crippen molar-refractivity contribution in [1.82, 2.24) is 14.7 Å². The zero-order chi connectivity index (χ0) is 16.9. The average molecular weight is 381 g/mol. The summed E-state index contributed by atoms with van der Waals surface area (Å²) in [5.41, 5.74) is 2.84. The number of halogens is 1. The maximum atomic E-state index is 11.9. The fourth-order valence-electron chi connectivity index (χ4n) is 2.25. The Morgan fingerprint density at radius 1 is 1.29 bits per heavy atom. The van der Waals surface area contributed by atoms with Gasteiger partial charge >= 0.3 is 0 Å². The first-order valence-electron chi connectivity index (χ1n) is 7.24. The van der Waals surface area contributed by atoms with E-state index in [1.165, 1.54) is 6.08 Å². The molecule has 3 rings (SSSR count). The van der Waals surface area contributed by atoms with Crippen LogP contribution in [0.3, 0.4) is 0 Å². The summed E-state index contributed by atoms with van der Waals surface area (Å²) in [6.07, 6.45) is 6.83. The van der Waals surface area contributed by atoms with Gasteiger partial charge in [0.2, 0.25) is 5.91 Å². The second kappa shape index (κ2) is 7.11. The predicted molar refractivity (Wildman–Crippen MR) is 94.9 cm³/mol. The molecular formula is C18H13BrN4O. The van der Waals surface area contributed by atoms with Crippen LogP contribution >= 0.6 is 15.9 Å². The number of hydrogen-bond acceptors (Lipinski definition) is 3. The van der Waals surface area contributed by atoms with Crippen LogP contribution in [0.2, 0.25) is 0 Å². The van der Waals surface area contributed by atoms with Crippen molar-refractivity contribution in [1.29, 1.82) is 5.26 Å². The molecule has 0 aliphatic heterocycles. The minimum absolute atomic E-state index is 0.235. The number of nitrogens with one attached hydrogen (secondary N) is 1. The van der Waals surface area contributed by atoms with Crippen molar-refractivity contribution in [2.24, 2.45) is 0 Å². The molecule has 2 aromatic heterocycles. The number of hydrogen-bond donors (Lipinski definition) is 1. The zero-order valence-corrected chi connectivity index (χ0v) is 14.2. The number of carbonyl (C=O) groups excluding carboxylic acids is 1. The SMILES string of the molecule is N#Cc1ccccc1/C=C/C(=O)NCc1cn2cc(Br)ccc2n1. The van der Waals surface area contributed by atoms with Gasteiger partial charge in [-0.3, -0.25) is 4.79 Å². The third kappa shape index (κ3) is 3.70. The van der Waals surface area contributed by atoms with Gasteiger partial charge in [-0.15, -0.1) is 0 Å². The topological polar surface area (TPSA) is 70.2 Å². The van der Waals surface area contributed by atoms with E-state index in [0.29, 0.717) is 17.7 Å². The number of pyridine rings is 1. The molecule has 0 fully saturated rings. The van der Waals surface area contributed by atoms with Gasteiger partial charge in [0.1, 0.15) is 5.65 Å². The highest BCUT2D eigenvalue weighted by molar-refractivity contribution is 9.10. The Morgan fingerprint density at radius 2 is 2.12 bits per heavy atom. The lowest BCUT2D eigenvalue weighted by Crippen LogP contribution is -2.20. The number of aromatic nitrogens is 2. The number of carbonyl (C=O) groups is 1. The lowest BCUT2D eigenvalue weighted by Gasteiger charge is -1.99. The van der Waals surface area contributed by atoms with Crippen LogP contribution in [0.1, 0.15) is 16.8 Å². The Balaban J connectivity index is 1.64. The minimum atomic E-state index is -0.235. The summed E-state index contributed by atoms with van der Waals surface area (Å²) in [6.45, 7) is 0.336. The van der Waals surface area contributed by atoms with Crippen LogP contribution in [0.15, 0.2) is 59.3 Å². The van der Waals surface area contributed by atoms with Crippen LogP contribution in [-0.4, -0.2) is 15.3 Å². The molecule has 1 N–H and O–H groups in total. The summed E-state index contributed by atoms with van der Waals surface area (Å²) in [4.78, 5) is 16.4. The number of nitriles is 1. The molecule has 0 bridgehead atoms. The molecule has 0 radical (unpaired) electrons. The van der Waals surface area contributed by atoms with Gasteiger partial charge < -0.3 is 9.72 Å². The molecule has 2 heterocycles. The molecule has 0 aliphatic carbocycles. The maximum absolute atomic E-state index is 11.9. The molecule has 0 unspecified atom stereocenters. The van der Waals surface area contributed by atoms with Gasteiger partial charge in [-0.25, -0.2) is 4.98 Å². The van der Waals surface area contributed by atoms with Crippen LogP contribution in [0.25, 0.3) is 11.7 Å². The normalized spacial score (nSPS) is 10.8. The van der Waals surface area contributed by atoms with E-state index in [0.717, 1.165) is 15.8 Å². The molecule has 0 saturated heterocycles. The van der Waals surface area contributed by atoms with Gasteiger partial charge in [-0.2, -0.15) is 5.26 Å². The summed E-state index contributed by atoms with van der Waals surface area (Å²) in [5, 5.41) is 11.8. The molecule has 1 aromatic carbocycles. The van der Waals surface area contributed by atoms with E-state index in [2.05, 4.69) is 32.3 Å². The number of imidazole rings is 1. The molecule has 3 aromatic rings. The molecule has 0 atom stereocenters. The molecular weight excluding hydrogens is 368 g/mol. The number of fused-ring (bicyclic) bond motifs is 1. The smallest absolute Gasteiger partial charge is 0.244 e. The fraction of sp³-hybridized carbons (Fsp3) is 0.0556. The van der Waals surface area contributed by atoms with Crippen molar-refractivity contribution in [3.63, 3.8) is 0 Å². The highest BCUT2D eigenvalue weighted by Gasteiger charge is 2.04. The highest BCUT2D eigenvalue weighted by Crippen LogP contribution is 2.12. The second-order valence-corrected chi connectivity index (χ2v) is 6.01. The van der Waals surface area contributed by atoms with Gasteiger partial charge in [-0.05, 0) is 45.8 Å².